The van der Waals surface area contributed by atoms with E-state index in [0.29, 0.717) is 0 Å². The molecule has 6 nitrogen and oxygen atoms in total. The van der Waals surface area contributed by atoms with Gasteiger partial charge in [0.15, 0.2) is 29.0 Å². The molecule has 132 valence electrons. The van der Waals surface area contributed by atoms with Gasteiger partial charge in [0.2, 0.25) is 5.82 Å². The standard InChI is InChI=1S/C14H7F5N2O4/c1-25-7-3-2-5(4-6(7)21(23)24)20-14(22)8-9(15)11(17)13(19)12(18)10(8)16/h2-4H,1H3,(H,20,22). The topological polar surface area (TPSA) is 81.5 Å². The van der Waals surface area contributed by atoms with Crippen molar-refractivity contribution in [3.05, 3.63) is 63.0 Å². The first-order valence-electron chi connectivity index (χ1n) is 6.34. The second-order valence-corrected chi connectivity index (χ2v) is 4.54. The van der Waals surface area contributed by atoms with Gasteiger partial charge in [0.25, 0.3) is 5.91 Å². The van der Waals surface area contributed by atoms with E-state index in [4.69, 9.17) is 4.74 Å². The normalized spacial score (nSPS) is 10.5. The number of amides is 1. The van der Waals surface area contributed by atoms with Crippen molar-refractivity contribution in [2.45, 2.75) is 0 Å². The summed E-state index contributed by atoms with van der Waals surface area (Å²) in [6.45, 7) is 0. The molecule has 0 unspecified atom stereocenters. The molecule has 2 rings (SSSR count). The molecule has 0 aliphatic carbocycles. The smallest absolute Gasteiger partial charge is 0.312 e. The van der Waals surface area contributed by atoms with E-state index >= 15 is 0 Å². The van der Waals surface area contributed by atoms with E-state index in [1.807, 2.05) is 5.32 Å². The van der Waals surface area contributed by atoms with E-state index in [1.54, 1.807) is 0 Å². The molecule has 1 amide bonds. The van der Waals surface area contributed by atoms with Crippen LogP contribution in [0, 0.1) is 39.2 Å². The van der Waals surface area contributed by atoms with Gasteiger partial charge in [-0.3, -0.25) is 14.9 Å². The van der Waals surface area contributed by atoms with Crippen LogP contribution in [0.1, 0.15) is 10.4 Å². The Kier molecular flexibility index (Phi) is 4.86. The molecule has 0 bridgehead atoms. The third-order valence-electron chi connectivity index (χ3n) is 3.07. The zero-order valence-corrected chi connectivity index (χ0v) is 12.2. The van der Waals surface area contributed by atoms with Crippen LogP contribution in [0.2, 0.25) is 0 Å². The number of hydrogen-bond acceptors (Lipinski definition) is 4. The van der Waals surface area contributed by atoms with Crippen LogP contribution in [0.3, 0.4) is 0 Å². The summed E-state index contributed by atoms with van der Waals surface area (Å²) in [5.41, 5.74) is -2.62. The first-order valence-corrected chi connectivity index (χ1v) is 6.34. The van der Waals surface area contributed by atoms with E-state index in [1.165, 1.54) is 0 Å². The summed E-state index contributed by atoms with van der Waals surface area (Å²) in [6, 6.07) is 2.95. The van der Waals surface area contributed by atoms with Crippen LogP contribution in [0.5, 0.6) is 5.75 Å². The van der Waals surface area contributed by atoms with Crippen molar-refractivity contribution >= 4 is 17.3 Å². The maximum Gasteiger partial charge on any atom is 0.312 e. The molecular formula is C14H7F5N2O4. The Morgan fingerprint density at radius 2 is 1.56 bits per heavy atom. The Labute approximate surface area is 136 Å². The second kappa shape index (κ2) is 6.71. The molecule has 25 heavy (non-hydrogen) atoms. The van der Waals surface area contributed by atoms with Crippen LogP contribution < -0.4 is 10.1 Å². The number of methoxy groups -OCH3 is 1. The Hall–Kier alpha value is -3.24. The summed E-state index contributed by atoms with van der Waals surface area (Å²) < 4.78 is 71.1. The zero-order chi connectivity index (χ0) is 18.9. The number of nitro benzene ring substituents is 1. The number of halogens is 5. The molecule has 0 aromatic heterocycles. The highest BCUT2D eigenvalue weighted by Gasteiger charge is 2.30. The number of rotatable bonds is 4. The highest BCUT2D eigenvalue weighted by molar-refractivity contribution is 6.04. The third kappa shape index (κ3) is 3.20. The molecular weight excluding hydrogens is 355 g/mol. The summed E-state index contributed by atoms with van der Waals surface area (Å²) in [5.74, 6) is -13.5. The van der Waals surface area contributed by atoms with Crippen LogP contribution >= 0.6 is 0 Å². The van der Waals surface area contributed by atoms with Crippen LogP contribution in [0.15, 0.2) is 18.2 Å². The molecule has 0 saturated heterocycles. The van der Waals surface area contributed by atoms with Gasteiger partial charge in [-0.25, -0.2) is 22.0 Å². The highest BCUT2D eigenvalue weighted by atomic mass is 19.2. The van der Waals surface area contributed by atoms with Gasteiger partial charge in [-0.2, -0.15) is 0 Å². The number of hydrogen-bond donors (Lipinski definition) is 1. The molecule has 2 aromatic rings. The SMILES string of the molecule is COc1ccc(NC(=O)c2c(F)c(F)c(F)c(F)c2F)cc1[N+](=O)[O-]. The van der Waals surface area contributed by atoms with E-state index in [0.717, 1.165) is 25.3 Å². The van der Waals surface area contributed by atoms with E-state index in [9.17, 15) is 36.9 Å². The van der Waals surface area contributed by atoms with Crippen LogP contribution in [-0.4, -0.2) is 17.9 Å². The van der Waals surface area contributed by atoms with Gasteiger partial charge in [0.05, 0.1) is 12.0 Å². The van der Waals surface area contributed by atoms with Gasteiger partial charge in [-0.15, -0.1) is 0 Å². The Balaban J connectivity index is 2.45. The van der Waals surface area contributed by atoms with Crippen molar-refractivity contribution < 1.29 is 36.4 Å². The number of nitrogens with zero attached hydrogens (tertiary/aromatic N) is 1. The average Bonchev–Trinajstić information content (AvgIpc) is 2.58. The van der Waals surface area contributed by atoms with Gasteiger partial charge in [0, 0.05) is 11.8 Å². The molecule has 0 saturated carbocycles. The van der Waals surface area contributed by atoms with Gasteiger partial charge in [-0.1, -0.05) is 0 Å². The molecule has 0 radical (unpaired) electrons. The molecule has 0 atom stereocenters. The first-order chi connectivity index (χ1) is 11.7. The lowest BCUT2D eigenvalue weighted by Crippen LogP contribution is -2.19. The summed E-state index contributed by atoms with van der Waals surface area (Å²) in [5, 5.41) is 12.7. The lowest BCUT2D eigenvalue weighted by Gasteiger charge is -2.10. The molecule has 1 N–H and O–H groups in total. The number of benzene rings is 2. The highest BCUT2D eigenvalue weighted by Crippen LogP contribution is 2.30. The van der Waals surface area contributed by atoms with Crippen molar-refractivity contribution in [1.82, 2.24) is 0 Å². The van der Waals surface area contributed by atoms with Crippen molar-refractivity contribution in [2.24, 2.45) is 0 Å². The van der Waals surface area contributed by atoms with Crippen molar-refractivity contribution in [3.8, 4) is 5.75 Å². The largest absolute Gasteiger partial charge is 0.490 e. The van der Waals surface area contributed by atoms with Gasteiger partial charge in [0.1, 0.15) is 5.56 Å². The number of anilines is 1. The van der Waals surface area contributed by atoms with Gasteiger partial charge >= 0.3 is 5.69 Å². The molecule has 0 heterocycles. The predicted molar refractivity (Wildman–Crippen MR) is 73.8 cm³/mol. The molecule has 2 aromatic carbocycles. The van der Waals surface area contributed by atoms with E-state index in [-0.39, 0.29) is 11.4 Å². The lowest BCUT2D eigenvalue weighted by molar-refractivity contribution is -0.385. The summed E-state index contributed by atoms with van der Waals surface area (Å²) in [4.78, 5) is 21.9. The fourth-order valence-corrected chi connectivity index (χ4v) is 1.91. The monoisotopic (exact) mass is 362 g/mol. The number of nitrogens with one attached hydrogen (secondary N) is 1. The van der Waals surface area contributed by atoms with Crippen LogP contribution in [0.25, 0.3) is 0 Å². The molecule has 0 aliphatic heterocycles. The number of carbonyl (C=O) groups is 1. The number of carbonyl (C=O) groups excluding carboxylic acids is 1. The van der Waals surface area contributed by atoms with E-state index in [2.05, 4.69) is 0 Å². The van der Waals surface area contributed by atoms with Crippen LogP contribution in [-0.2, 0) is 0 Å². The molecule has 0 aliphatic rings. The first kappa shape index (κ1) is 18.1. The van der Waals surface area contributed by atoms with E-state index < -0.39 is 51.2 Å². The van der Waals surface area contributed by atoms with Gasteiger partial charge < -0.3 is 10.1 Å². The maximum absolute atomic E-state index is 13.6. The fraction of sp³-hybridized carbons (Fsp3) is 0.0714. The Morgan fingerprint density at radius 1 is 1.04 bits per heavy atom. The Bertz CT molecular complexity index is 859. The molecule has 0 spiro atoms. The second-order valence-electron chi connectivity index (χ2n) is 4.54. The predicted octanol–water partition coefficient (Wildman–Crippen LogP) is 3.55. The minimum Gasteiger partial charge on any atom is -0.490 e. The van der Waals surface area contributed by atoms with Crippen molar-refractivity contribution in [2.75, 3.05) is 12.4 Å². The summed E-state index contributed by atoms with van der Waals surface area (Å²) in [6.07, 6.45) is 0. The summed E-state index contributed by atoms with van der Waals surface area (Å²) >= 11 is 0. The third-order valence-corrected chi connectivity index (χ3v) is 3.07. The van der Waals surface area contributed by atoms with Crippen molar-refractivity contribution in [3.63, 3.8) is 0 Å². The number of ether oxygens (including phenoxy) is 1. The molecule has 11 heteroatoms. The Morgan fingerprint density at radius 3 is 2.04 bits per heavy atom. The minimum atomic E-state index is -2.41. The minimum absolute atomic E-state index is 0.167. The zero-order valence-electron chi connectivity index (χ0n) is 12.2. The molecule has 0 fully saturated rings. The maximum atomic E-state index is 13.6. The lowest BCUT2D eigenvalue weighted by atomic mass is 10.1. The summed E-state index contributed by atoms with van der Waals surface area (Å²) in [7, 11) is 1.15. The van der Waals surface area contributed by atoms with Gasteiger partial charge in [-0.05, 0) is 12.1 Å². The van der Waals surface area contributed by atoms with Crippen molar-refractivity contribution in [1.29, 1.82) is 0 Å². The number of nitro groups is 1. The average molecular weight is 362 g/mol. The van der Waals surface area contributed by atoms with Crippen LogP contribution in [0.4, 0.5) is 33.3 Å². The quantitative estimate of drug-likeness (QED) is 0.297. The fourth-order valence-electron chi connectivity index (χ4n) is 1.91.